The first-order valence-corrected chi connectivity index (χ1v) is 9.94. The minimum Gasteiger partial charge on any atom is -0.459 e. The number of fused-ring (bicyclic) bond motifs is 1. The van der Waals surface area contributed by atoms with Gasteiger partial charge in [0.25, 0.3) is 5.91 Å². The number of furan rings is 1. The second-order valence-corrected chi connectivity index (χ2v) is 8.51. The molecule has 2 heterocycles. The van der Waals surface area contributed by atoms with Gasteiger partial charge < -0.3 is 4.42 Å². The summed E-state index contributed by atoms with van der Waals surface area (Å²) in [5, 5.41) is 0. The Hall–Kier alpha value is -2.81. The highest BCUT2D eigenvalue weighted by molar-refractivity contribution is 6.06. The number of para-hydroxylation sites is 1. The summed E-state index contributed by atoms with van der Waals surface area (Å²) in [4.78, 5) is 15.2. The Balaban J connectivity index is 1.87. The molecule has 28 heavy (non-hydrogen) atoms. The number of carbonyl (C=O) groups is 1. The predicted octanol–water partition coefficient (Wildman–Crippen LogP) is 5.98. The number of benzene rings is 2. The Morgan fingerprint density at radius 2 is 1.71 bits per heavy atom. The van der Waals surface area contributed by atoms with Crippen molar-refractivity contribution in [3.05, 3.63) is 89.4 Å². The fraction of sp³-hybridized carbons (Fsp3) is 0.320. The van der Waals surface area contributed by atoms with Gasteiger partial charge in [0.05, 0.1) is 6.26 Å². The Kier molecular flexibility index (Phi) is 4.41. The summed E-state index contributed by atoms with van der Waals surface area (Å²) >= 11 is 0. The van der Waals surface area contributed by atoms with Gasteiger partial charge in [0, 0.05) is 16.6 Å². The molecule has 0 bridgehead atoms. The van der Waals surface area contributed by atoms with Gasteiger partial charge in [0.15, 0.2) is 5.76 Å². The number of aryl methyl sites for hydroxylation is 1. The third-order valence-electron chi connectivity index (χ3n) is 6.07. The highest BCUT2D eigenvalue weighted by Gasteiger charge is 2.48. The smallest absolute Gasteiger partial charge is 0.294 e. The van der Waals surface area contributed by atoms with Crippen LogP contribution in [0.3, 0.4) is 0 Å². The number of anilines is 1. The fourth-order valence-corrected chi connectivity index (χ4v) is 4.76. The van der Waals surface area contributed by atoms with E-state index in [0.29, 0.717) is 5.76 Å². The molecule has 0 saturated carbocycles. The fourth-order valence-electron chi connectivity index (χ4n) is 4.76. The molecule has 3 heteroatoms. The van der Waals surface area contributed by atoms with E-state index in [9.17, 15) is 4.79 Å². The quantitative estimate of drug-likeness (QED) is 0.566. The van der Waals surface area contributed by atoms with Crippen LogP contribution in [0.5, 0.6) is 0 Å². The molecule has 0 saturated heterocycles. The van der Waals surface area contributed by atoms with Gasteiger partial charge in [-0.2, -0.15) is 0 Å². The highest BCUT2D eigenvalue weighted by Crippen LogP contribution is 2.50. The third kappa shape index (κ3) is 2.86. The molecule has 0 N–H and O–H groups in total. The van der Waals surface area contributed by atoms with E-state index in [4.69, 9.17) is 4.42 Å². The second-order valence-electron chi connectivity index (χ2n) is 8.51. The molecule has 0 radical (unpaired) electrons. The summed E-state index contributed by atoms with van der Waals surface area (Å²) in [7, 11) is 0. The van der Waals surface area contributed by atoms with Crippen LogP contribution < -0.4 is 4.90 Å². The SMILES string of the molecule is CCc1ccc(C2(C)CC(C)(C)N(C(=O)c3ccco3)c3ccccc32)cc1. The molecule has 3 aromatic rings. The van der Waals surface area contributed by atoms with Crippen LogP contribution in [-0.4, -0.2) is 11.4 Å². The minimum atomic E-state index is -0.365. The molecule has 1 aliphatic heterocycles. The Bertz CT molecular complexity index is 986. The van der Waals surface area contributed by atoms with E-state index in [1.165, 1.54) is 16.7 Å². The van der Waals surface area contributed by atoms with Crippen LogP contribution >= 0.6 is 0 Å². The first kappa shape index (κ1) is 18.5. The lowest BCUT2D eigenvalue weighted by molar-refractivity contribution is 0.0921. The van der Waals surface area contributed by atoms with Crippen LogP contribution in [0.15, 0.2) is 71.3 Å². The van der Waals surface area contributed by atoms with E-state index in [0.717, 1.165) is 18.5 Å². The molecule has 1 atom stereocenters. The van der Waals surface area contributed by atoms with Gasteiger partial charge in [0.1, 0.15) is 0 Å². The second kappa shape index (κ2) is 6.66. The van der Waals surface area contributed by atoms with Crippen LogP contribution in [0.1, 0.15) is 61.4 Å². The van der Waals surface area contributed by atoms with Gasteiger partial charge in [-0.3, -0.25) is 9.69 Å². The third-order valence-corrected chi connectivity index (χ3v) is 6.07. The normalized spacial score (nSPS) is 20.6. The van der Waals surface area contributed by atoms with E-state index in [2.05, 4.69) is 70.2 Å². The number of rotatable bonds is 3. The van der Waals surface area contributed by atoms with Crippen LogP contribution in [0.2, 0.25) is 0 Å². The van der Waals surface area contributed by atoms with Crippen molar-refractivity contribution < 1.29 is 9.21 Å². The minimum absolute atomic E-state index is 0.0918. The molecular weight excluding hydrogens is 346 g/mol. The van der Waals surface area contributed by atoms with Gasteiger partial charge in [-0.1, -0.05) is 56.3 Å². The van der Waals surface area contributed by atoms with Gasteiger partial charge >= 0.3 is 0 Å². The van der Waals surface area contributed by atoms with Crippen molar-refractivity contribution in [3.8, 4) is 0 Å². The van der Waals surface area contributed by atoms with E-state index < -0.39 is 0 Å². The van der Waals surface area contributed by atoms with Gasteiger partial charge in [-0.15, -0.1) is 0 Å². The number of hydrogen-bond donors (Lipinski definition) is 0. The molecule has 0 spiro atoms. The van der Waals surface area contributed by atoms with E-state index >= 15 is 0 Å². The van der Waals surface area contributed by atoms with Crippen LogP contribution in [0.4, 0.5) is 5.69 Å². The zero-order valence-electron chi connectivity index (χ0n) is 17.0. The summed E-state index contributed by atoms with van der Waals surface area (Å²) in [6.45, 7) is 8.75. The van der Waals surface area contributed by atoms with Crippen molar-refractivity contribution in [3.63, 3.8) is 0 Å². The summed E-state index contributed by atoms with van der Waals surface area (Å²) in [6.07, 6.45) is 3.41. The Morgan fingerprint density at radius 1 is 1.00 bits per heavy atom. The number of carbonyl (C=O) groups excluding carboxylic acids is 1. The predicted molar refractivity (Wildman–Crippen MR) is 113 cm³/mol. The van der Waals surface area contributed by atoms with Crippen molar-refractivity contribution in [2.75, 3.05) is 4.90 Å². The molecule has 144 valence electrons. The van der Waals surface area contributed by atoms with Gasteiger partial charge in [-0.05, 0) is 61.6 Å². The lowest BCUT2D eigenvalue weighted by atomic mass is 9.65. The average Bonchev–Trinajstić information content (AvgIpc) is 3.22. The molecule has 1 unspecified atom stereocenters. The molecule has 1 aliphatic rings. The van der Waals surface area contributed by atoms with Crippen LogP contribution in [-0.2, 0) is 11.8 Å². The van der Waals surface area contributed by atoms with E-state index in [1.807, 2.05) is 11.0 Å². The molecule has 1 amide bonds. The Morgan fingerprint density at radius 3 is 2.36 bits per heavy atom. The number of nitrogens with zero attached hydrogens (tertiary/aromatic N) is 1. The summed E-state index contributed by atoms with van der Waals surface area (Å²) in [6, 6.07) is 20.7. The lowest BCUT2D eigenvalue weighted by Crippen LogP contribution is -2.55. The summed E-state index contributed by atoms with van der Waals surface area (Å²) < 4.78 is 5.43. The van der Waals surface area contributed by atoms with Crippen molar-refractivity contribution in [2.24, 2.45) is 0 Å². The molecule has 0 fully saturated rings. The molecular formula is C25H27NO2. The zero-order valence-corrected chi connectivity index (χ0v) is 17.0. The van der Waals surface area contributed by atoms with E-state index in [1.54, 1.807) is 18.4 Å². The molecule has 1 aromatic heterocycles. The monoisotopic (exact) mass is 373 g/mol. The molecule has 0 aliphatic carbocycles. The maximum Gasteiger partial charge on any atom is 0.294 e. The van der Waals surface area contributed by atoms with Crippen molar-refractivity contribution >= 4 is 11.6 Å². The van der Waals surface area contributed by atoms with Gasteiger partial charge in [-0.25, -0.2) is 0 Å². The average molecular weight is 373 g/mol. The van der Waals surface area contributed by atoms with E-state index in [-0.39, 0.29) is 16.9 Å². The van der Waals surface area contributed by atoms with Crippen molar-refractivity contribution in [1.29, 1.82) is 0 Å². The topological polar surface area (TPSA) is 33.5 Å². The van der Waals surface area contributed by atoms with Crippen molar-refractivity contribution in [2.45, 2.75) is 51.5 Å². The van der Waals surface area contributed by atoms with Crippen LogP contribution in [0, 0.1) is 0 Å². The lowest BCUT2D eigenvalue weighted by Gasteiger charge is -2.51. The Labute approximate surface area is 167 Å². The maximum atomic E-state index is 13.3. The van der Waals surface area contributed by atoms with Crippen molar-refractivity contribution in [1.82, 2.24) is 0 Å². The largest absolute Gasteiger partial charge is 0.459 e. The zero-order chi connectivity index (χ0) is 19.9. The molecule has 2 aromatic carbocycles. The first-order chi connectivity index (χ1) is 13.4. The number of amides is 1. The maximum absolute atomic E-state index is 13.3. The first-order valence-electron chi connectivity index (χ1n) is 9.94. The van der Waals surface area contributed by atoms with Crippen LogP contribution in [0.25, 0.3) is 0 Å². The standard InChI is InChI=1S/C25H27NO2/c1-5-18-12-14-19(15-13-18)25(4)17-24(2,3)26(21-10-7-6-9-20(21)25)23(27)22-11-8-16-28-22/h6-16H,5,17H2,1-4H3. The molecule has 4 rings (SSSR count). The summed E-state index contributed by atoms with van der Waals surface area (Å²) in [5.74, 6) is 0.282. The summed E-state index contributed by atoms with van der Waals surface area (Å²) in [5.41, 5.74) is 4.23. The van der Waals surface area contributed by atoms with Gasteiger partial charge in [0.2, 0.25) is 0 Å². The number of hydrogen-bond acceptors (Lipinski definition) is 2. The highest BCUT2D eigenvalue weighted by atomic mass is 16.3. The molecule has 3 nitrogen and oxygen atoms in total.